The van der Waals surface area contributed by atoms with Crippen LogP contribution in [-0.4, -0.2) is 5.16 Å². The zero-order valence-corrected chi connectivity index (χ0v) is 7.29. The van der Waals surface area contributed by atoms with Crippen LogP contribution in [-0.2, 0) is 0 Å². The van der Waals surface area contributed by atoms with Gasteiger partial charge in [-0.2, -0.15) is 0 Å². The van der Waals surface area contributed by atoms with Gasteiger partial charge in [-0.3, -0.25) is 0 Å². The van der Waals surface area contributed by atoms with Crippen molar-refractivity contribution in [2.24, 2.45) is 0 Å². The second-order valence-electron chi connectivity index (χ2n) is 2.17. The molecule has 3 heteroatoms. The van der Waals surface area contributed by atoms with Gasteiger partial charge in [-0.1, -0.05) is 20.8 Å². The predicted octanol–water partition coefficient (Wildman–Crippen LogP) is 3.04. The average molecular weight is 161 g/mol. The number of halogens is 2. The molecule has 0 nitrogen and oxygen atoms in total. The largest absolute Gasteiger partial charge is 0.147 e. The molecule has 0 amide bonds. The van der Waals surface area contributed by atoms with Gasteiger partial charge in [0.05, 0.1) is 0 Å². The fourth-order valence-corrected chi connectivity index (χ4v) is 0. The lowest BCUT2D eigenvalue weighted by Gasteiger charge is -2.03. The molecule has 0 heterocycles. The third-order valence-electron chi connectivity index (χ3n) is 0. The van der Waals surface area contributed by atoms with E-state index in [1.165, 1.54) is 0 Å². The first kappa shape index (κ1) is 15.7. The van der Waals surface area contributed by atoms with E-state index in [1.807, 2.05) is 0 Å². The Morgan fingerprint density at radius 3 is 1.00 bits per heavy atom. The summed E-state index contributed by atoms with van der Waals surface area (Å²) < 4.78 is 0. The lowest BCUT2D eigenvalue weighted by atomic mass is 10.3. The van der Waals surface area contributed by atoms with E-state index in [0.29, 0.717) is 0 Å². The molecule has 46 valence electrons. The highest BCUT2D eigenvalue weighted by Gasteiger charge is 1.97. The molecule has 0 aromatic carbocycles. The van der Waals surface area contributed by atoms with E-state index in [-0.39, 0.29) is 30.0 Å². The summed E-state index contributed by atoms with van der Waals surface area (Å²) in [7, 11) is 4.12. The molecule has 0 bridgehead atoms. The maximum Gasteiger partial charge on any atom is -0.00955 e. The maximum atomic E-state index is 4.12. The summed E-state index contributed by atoms with van der Waals surface area (Å²) >= 11 is 0. The van der Waals surface area contributed by atoms with Gasteiger partial charge in [0.25, 0.3) is 0 Å². The molecule has 0 N–H and O–H groups in total. The molecule has 7 heavy (non-hydrogen) atoms. The summed E-state index contributed by atoms with van der Waals surface area (Å²) in [5.74, 6) is 0. The minimum Gasteiger partial charge on any atom is -0.147 e. The molecular formula is C4H11Cl2P. The van der Waals surface area contributed by atoms with Crippen LogP contribution in [0.2, 0.25) is 0 Å². The van der Waals surface area contributed by atoms with Gasteiger partial charge in [0.15, 0.2) is 0 Å². The van der Waals surface area contributed by atoms with Gasteiger partial charge in [0.2, 0.25) is 0 Å². The van der Waals surface area contributed by atoms with Crippen LogP contribution in [0, 0.1) is 0 Å². The second kappa shape index (κ2) is 5.15. The van der Waals surface area contributed by atoms with E-state index in [0.717, 1.165) is 0 Å². The highest BCUT2D eigenvalue weighted by atomic mass is 35.5. The molecule has 2 radical (unpaired) electrons. The smallest absolute Gasteiger partial charge is 0.00955 e. The summed E-state index contributed by atoms with van der Waals surface area (Å²) in [6.07, 6.45) is 0. The number of hydrogen-bond donors (Lipinski definition) is 0. The van der Waals surface area contributed by atoms with Crippen molar-refractivity contribution >= 4 is 34.1 Å². The van der Waals surface area contributed by atoms with Crippen molar-refractivity contribution in [3.05, 3.63) is 0 Å². The molecule has 0 fully saturated rings. The van der Waals surface area contributed by atoms with Crippen molar-refractivity contribution in [3.63, 3.8) is 0 Å². The first-order valence-electron chi connectivity index (χ1n) is 1.72. The third kappa shape index (κ3) is 172. The third-order valence-corrected chi connectivity index (χ3v) is 0. The Kier molecular flexibility index (Phi) is 11.5. The highest BCUT2D eigenvalue weighted by Crippen LogP contribution is 2.12. The van der Waals surface area contributed by atoms with Gasteiger partial charge in [0, 0.05) is 0 Å². The fraction of sp³-hybridized carbons (Fsp3) is 1.00. The molecule has 0 unspecified atom stereocenters. The summed E-state index contributed by atoms with van der Waals surface area (Å²) in [5.41, 5.74) is 0. The van der Waals surface area contributed by atoms with Gasteiger partial charge in [-0.15, -0.1) is 24.8 Å². The molecule has 0 atom stereocenters. The Balaban J connectivity index is -0.0000000800. The zero-order valence-electron chi connectivity index (χ0n) is 4.76. The molecule has 0 aliphatic carbocycles. The molecule has 0 spiro atoms. The van der Waals surface area contributed by atoms with Gasteiger partial charge in [0.1, 0.15) is 0 Å². The van der Waals surface area contributed by atoms with E-state index in [2.05, 4.69) is 30.0 Å². The van der Waals surface area contributed by atoms with E-state index < -0.39 is 0 Å². The number of rotatable bonds is 0. The highest BCUT2D eigenvalue weighted by molar-refractivity contribution is 7.18. The second-order valence-corrected chi connectivity index (χ2v) is 3.51. The van der Waals surface area contributed by atoms with Crippen molar-refractivity contribution < 1.29 is 0 Å². The molecular weight excluding hydrogens is 150 g/mol. The quantitative estimate of drug-likeness (QED) is 0.479. The predicted molar refractivity (Wildman–Crippen MR) is 41.2 cm³/mol. The van der Waals surface area contributed by atoms with Crippen molar-refractivity contribution in [2.45, 2.75) is 25.9 Å². The Morgan fingerprint density at radius 2 is 1.00 bits per heavy atom. The van der Waals surface area contributed by atoms with Crippen LogP contribution in [0.3, 0.4) is 0 Å². The van der Waals surface area contributed by atoms with Crippen LogP contribution in [0.5, 0.6) is 0 Å². The molecule has 0 aliphatic heterocycles. The monoisotopic (exact) mass is 160 g/mol. The lowest BCUT2D eigenvalue weighted by molar-refractivity contribution is 0.804. The van der Waals surface area contributed by atoms with Gasteiger partial charge in [-0.25, -0.2) is 0 Å². The van der Waals surface area contributed by atoms with Crippen molar-refractivity contribution in [3.8, 4) is 0 Å². The Morgan fingerprint density at radius 1 is 1.00 bits per heavy atom. The summed E-state index contributed by atoms with van der Waals surface area (Å²) in [6.45, 7) is 6.16. The lowest BCUT2D eigenvalue weighted by Crippen LogP contribution is -1.97. The van der Waals surface area contributed by atoms with Gasteiger partial charge >= 0.3 is 0 Å². The van der Waals surface area contributed by atoms with E-state index >= 15 is 0 Å². The van der Waals surface area contributed by atoms with Crippen LogP contribution in [0.15, 0.2) is 0 Å². The molecule has 0 aliphatic rings. The Labute approximate surface area is 60.5 Å². The van der Waals surface area contributed by atoms with Crippen molar-refractivity contribution in [1.29, 1.82) is 0 Å². The Bertz CT molecular complexity index is 25.2. The number of hydrogen-bond acceptors (Lipinski definition) is 0. The normalized spacial score (nSPS) is 8.57. The maximum absolute atomic E-state index is 4.12. The van der Waals surface area contributed by atoms with Crippen LogP contribution in [0.1, 0.15) is 20.8 Å². The summed E-state index contributed by atoms with van der Waals surface area (Å²) in [4.78, 5) is 0. The molecule has 0 saturated heterocycles. The van der Waals surface area contributed by atoms with Crippen molar-refractivity contribution in [1.82, 2.24) is 0 Å². The molecule has 0 rings (SSSR count). The van der Waals surface area contributed by atoms with E-state index in [4.69, 9.17) is 0 Å². The zero-order chi connectivity index (χ0) is 4.50. The first-order chi connectivity index (χ1) is 2.00. The van der Waals surface area contributed by atoms with Gasteiger partial charge in [-0.05, 0) is 14.4 Å². The van der Waals surface area contributed by atoms with E-state index in [1.54, 1.807) is 0 Å². The standard InChI is InChI=1S/C4H9P.2ClH/c1-4(2,3)5;;/h1-3H3;2*1H. The van der Waals surface area contributed by atoms with E-state index in [9.17, 15) is 0 Å². The molecule has 0 saturated carbocycles. The summed E-state index contributed by atoms with van der Waals surface area (Å²) in [5, 5.41) is 0.194. The fourth-order valence-electron chi connectivity index (χ4n) is 0. The van der Waals surface area contributed by atoms with Crippen LogP contribution in [0.4, 0.5) is 0 Å². The van der Waals surface area contributed by atoms with Crippen LogP contribution < -0.4 is 0 Å². The minimum absolute atomic E-state index is 0. The minimum atomic E-state index is 0. The molecule has 0 aromatic heterocycles. The SMILES string of the molecule is CC(C)(C)[P].Cl.Cl. The van der Waals surface area contributed by atoms with Gasteiger partial charge < -0.3 is 0 Å². The van der Waals surface area contributed by atoms with Crippen molar-refractivity contribution in [2.75, 3.05) is 0 Å². The first-order valence-corrected chi connectivity index (χ1v) is 2.17. The Hall–Kier alpha value is 1.01. The van der Waals surface area contributed by atoms with Crippen LogP contribution >= 0.6 is 34.1 Å². The summed E-state index contributed by atoms with van der Waals surface area (Å²) in [6, 6.07) is 0. The van der Waals surface area contributed by atoms with Crippen LogP contribution in [0.25, 0.3) is 0 Å². The molecule has 0 aromatic rings. The average Bonchev–Trinajstić information content (AvgIpc) is 0.722. The topological polar surface area (TPSA) is 0 Å².